The fraction of sp³-hybridized carbons (Fsp3) is 0.300. The summed E-state index contributed by atoms with van der Waals surface area (Å²) in [6, 6.07) is 11.6. The van der Waals surface area contributed by atoms with E-state index in [9.17, 15) is 9.59 Å². The molecule has 2 aromatic carbocycles. The van der Waals surface area contributed by atoms with E-state index < -0.39 is 6.04 Å². The maximum Gasteiger partial charge on any atom is 0.252 e. The summed E-state index contributed by atoms with van der Waals surface area (Å²) in [5, 5.41) is 5.62. The van der Waals surface area contributed by atoms with Crippen LogP contribution < -0.4 is 21.1 Å². The predicted molar refractivity (Wildman–Crippen MR) is 111 cm³/mol. The Balaban J connectivity index is 0.00000364. The molecule has 0 saturated heterocycles. The van der Waals surface area contributed by atoms with Crippen LogP contribution in [0.2, 0.25) is 0 Å². The fourth-order valence-corrected chi connectivity index (χ4v) is 2.61. The van der Waals surface area contributed by atoms with Crippen molar-refractivity contribution in [3.63, 3.8) is 0 Å². The van der Waals surface area contributed by atoms with Gasteiger partial charge in [0.05, 0.1) is 12.8 Å². The topological polar surface area (TPSA) is 93.5 Å². The molecule has 1 unspecified atom stereocenters. The van der Waals surface area contributed by atoms with Gasteiger partial charge in [0.2, 0.25) is 5.91 Å². The van der Waals surface area contributed by atoms with Gasteiger partial charge in [0.1, 0.15) is 11.8 Å². The normalized spacial score (nSPS) is 11.3. The Labute approximate surface area is 165 Å². The zero-order chi connectivity index (χ0) is 19.3. The zero-order valence-electron chi connectivity index (χ0n) is 15.9. The van der Waals surface area contributed by atoms with E-state index in [1.54, 1.807) is 30.3 Å². The lowest BCUT2D eigenvalue weighted by Crippen LogP contribution is -2.47. The number of carbonyl (C=O) groups is 2. The van der Waals surface area contributed by atoms with Crippen LogP contribution in [0, 0.1) is 12.8 Å². The number of hydrogen-bond donors (Lipinski definition) is 3. The van der Waals surface area contributed by atoms with E-state index in [1.165, 1.54) is 7.11 Å². The minimum atomic E-state index is -0.676. The first kappa shape index (κ1) is 22.3. The van der Waals surface area contributed by atoms with Gasteiger partial charge in [-0.15, -0.1) is 12.4 Å². The third-order valence-corrected chi connectivity index (χ3v) is 4.12. The van der Waals surface area contributed by atoms with Crippen LogP contribution in [-0.4, -0.2) is 25.0 Å². The maximum absolute atomic E-state index is 12.7. The van der Waals surface area contributed by atoms with Crippen molar-refractivity contribution in [1.82, 2.24) is 5.32 Å². The van der Waals surface area contributed by atoms with Crippen molar-refractivity contribution in [2.45, 2.75) is 26.8 Å². The fourth-order valence-electron chi connectivity index (χ4n) is 2.61. The number of carbonyl (C=O) groups excluding carboxylic acids is 2. The Morgan fingerprint density at radius 1 is 1.11 bits per heavy atom. The molecule has 0 heterocycles. The minimum absolute atomic E-state index is 0. The van der Waals surface area contributed by atoms with E-state index in [0.29, 0.717) is 22.7 Å². The molecule has 7 heteroatoms. The molecule has 27 heavy (non-hydrogen) atoms. The second kappa shape index (κ2) is 9.83. The van der Waals surface area contributed by atoms with E-state index in [2.05, 4.69) is 10.6 Å². The Morgan fingerprint density at radius 2 is 1.78 bits per heavy atom. The molecule has 0 radical (unpaired) electrons. The first-order valence-corrected chi connectivity index (χ1v) is 8.44. The molecule has 0 spiro atoms. The lowest BCUT2D eigenvalue weighted by molar-refractivity contribution is -0.118. The van der Waals surface area contributed by atoms with Gasteiger partial charge in [-0.1, -0.05) is 32.0 Å². The largest absolute Gasteiger partial charge is 0.495 e. The molecule has 146 valence electrons. The third kappa shape index (κ3) is 5.62. The van der Waals surface area contributed by atoms with Gasteiger partial charge in [0.15, 0.2) is 0 Å². The van der Waals surface area contributed by atoms with Crippen LogP contribution in [0.1, 0.15) is 29.8 Å². The highest BCUT2D eigenvalue weighted by Crippen LogP contribution is 2.24. The molecule has 0 fully saturated rings. The number of ether oxygens (including phenoxy) is 1. The van der Waals surface area contributed by atoms with Crippen molar-refractivity contribution < 1.29 is 14.3 Å². The van der Waals surface area contributed by atoms with E-state index in [1.807, 2.05) is 32.9 Å². The average Bonchev–Trinajstić information content (AvgIpc) is 2.59. The number of benzene rings is 2. The molecule has 0 aliphatic carbocycles. The van der Waals surface area contributed by atoms with Gasteiger partial charge < -0.3 is 21.1 Å². The number of aryl methyl sites for hydroxylation is 1. The molecular formula is C20H26ClN3O3. The van der Waals surface area contributed by atoms with E-state index in [-0.39, 0.29) is 30.1 Å². The number of anilines is 2. The number of amides is 2. The van der Waals surface area contributed by atoms with Crippen LogP contribution in [0.4, 0.5) is 11.4 Å². The molecular weight excluding hydrogens is 366 g/mol. The number of nitrogens with one attached hydrogen (secondary N) is 2. The Morgan fingerprint density at radius 3 is 2.33 bits per heavy atom. The zero-order valence-corrected chi connectivity index (χ0v) is 16.7. The third-order valence-electron chi connectivity index (χ3n) is 4.12. The van der Waals surface area contributed by atoms with Crippen molar-refractivity contribution in [3.8, 4) is 5.75 Å². The summed E-state index contributed by atoms with van der Waals surface area (Å²) in [5.74, 6) is -0.118. The standard InChI is InChI=1S/C20H25N3O3.ClH/c1-12(2)18(23-19(24)15-8-6-5-7-13(15)3)20(25)22-14-9-10-17(26-4)16(21)11-14;/h5-12,18H,21H2,1-4H3,(H,22,25)(H,23,24);1H. The van der Waals surface area contributed by atoms with Crippen LogP contribution in [0.25, 0.3) is 0 Å². The van der Waals surface area contributed by atoms with Gasteiger partial charge in [0.25, 0.3) is 5.91 Å². The van der Waals surface area contributed by atoms with Gasteiger partial charge in [0, 0.05) is 11.3 Å². The Bertz CT molecular complexity index is 809. The van der Waals surface area contributed by atoms with Gasteiger partial charge in [-0.05, 0) is 42.7 Å². The quantitative estimate of drug-likeness (QED) is 0.658. The van der Waals surface area contributed by atoms with Gasteiger partial charge in [-0.25, -0.2) is 0 Å². The van der Waals surface area contributed by atoms with Crippen molar-refractivity contribution >= 4 is 35.6 Å². The smallest absolute Gasteiger partial charge is 0.252 e. The Kier molecular flexibility index (Phi) is 8.12. The second-order valence-electron chi connectivity index (χ2n) is 6.46. The number of hydrogen-bond acceptors (Lipinski definition) is 4. The van der Waals surface area contributed by atoms with Gasteiger partial charge >= 0.3 is 0 Å². The number of methoxy groups -OCH3 is 1. The molecule has 0 aromatic heterocycles. The predicted octanol–water partition coefficient (Wildman–Crippen LogP) is 3.40. The minimum Gasteiger partial charge on any atom is -0.495 e. The van der Waals surface area contributed by atoms with Crippen molar-refractivity contribution in [2.75, 3.05) is 18.2 Å². The van der Waals surface area contributed by atoms with Crippen molar-refractivity contribution in [1.29, 1.82) is 0 Å². The molecule has 6 nitrogen and oxygen atoms in total. The summed E-state index contributed by atoms with van der Waals surface area (Å²) < 4.78 is 5.11. The average molecular weight is 392 g/mol. The van der Waals surface area contributed by atoms with Crippen LogP contribution in [0.3, 0.4) is 0 Å². The summed E-state index contributed by atoms with van der Waals surface area (Å²) in [5.41, 5.74) is 8.26. The Hall–Kier alpha value is -2.73. The summed E-state index contributed by atoms with van der Waals surface area (Å²) >= 11 is 0. The van der Waals surface area contributed by atoms with E-state index in [0.717, 1.165) is 5.56 Å². The first-order valence-electron chi connectivity index (χ1n) is 8.44. The number of rotatable bonds is 6. The summed E-state index contributed by atoms with van der Waals surface area (Å²) in [7, 11) is 1.53. The molecule has 0 aliphatic heterocycles. The van der Waals surface area contributed by atoms with Gasteiger partial charge in [-0.2, -0.15) is 0 Å². The summed E-state index contributed by atoms with van der Waals surface area (Å²) in [6.07, 6.45) is 0. The molecule has 2 rings (SSSR count). The molecule has 1 atom stereocenters. The monoisotopic (exact) mass is 391 g/mol. The van der Waals surface area contributed by atoms with Crippen LogP contribution in [0.15, 0.2) is 42.5 Å². The highest BCUT2D eigenvalue weighted by Gasteiger charge is 2.25. The lowest BCUT2D eigenvalue weighted by Gasteiger charge is -2.22. The molecule has 2 amide bonds. The van der Waals surface area contributed by atoms with Crippen LogP contribution in [0.5, 0.6) is 5.75 Å². The lowest BCUT2D eigenvalue weighted by atomic mass is 10.0. The molecule has 2 aromatic rings. The number of nitrogen functional groups attached to an aromatic ring is 1. The summed E-state index contributed by atoms with van der Waals surface area (Å²) in [6.45, 7) is 5.62. The first-order chi connectivity index (χ1) is 12.3. The molecule has 0 aliphatic rings. The molecule has 0 bridgehead atoms. The number of halogens is 1. The van der Waals surface area contributed by atoms with Crippen molar-refractivity contribution in [3.05, 3.63) is 53.6 Å². The molecule has 4 N–H and O–H groups in total. The number of nitrogens with two attached hydrogens (primary N) is 1. The maximum atomic E-state index is 12.7. The molecule has 0 saturated carbocycles. The van der Waals surface area contributed by atoms with E-state index in [4.69, 9.17) is 10.5 Å². The van der Waals surface area contributed by atoms with Crippen molar-refractivity contribution in [2.24, 2.45) is 5.92 Å². The summed E-state index contributed by atoms with van der Waals surface area (Å²) in [4.78, 5) is 25.2. The second-order valence-corrected chi connectivity index (χ2v) is 6.46. The highest BCUT2D eigenvalue weighted by molar-refractivity contribution is 6.02. The van der Waals surface area contributed by atoms with Crippen LogP contribution >= 0.6 is 12.4 Å². The highest BCUT2D eigenvalue weighted by atomic mass is 35.5. The van der Waals surface area contributed by atoms with Crippen LogP contribution in [-0.2, 0) is 4.79 Å². The van der Waals surface area contributed by atoms with E-state index >= 15 is 0 Å². The SMILES string of the molecule is COc1ccc(NC(=O)C(NC(=O)c2ccccc2C)C(C)C)cc1N.Cl. The van der Waals surface area contributed by atoms with Gasteiger partial charge in [-0.3, -0.25) is 9.59 Å².